The van der Waals surface area contributed by atoms with Gasteiger partial charge < -0.3 is 15.0 Å². The molecule has 6 nitrogen and oxygen atoms in total. The molecular formula is C13H20FN5O. The summed E-state index contributed by atoms with van der Waals surface area (Å²) < 4.78 is 19.3. The molecule has 0 saturated carbocycles. The van der Waals surface area contributed by atoms with E-state index in [1.165, 1.54) is 6.20 Å². The van der Waals surface area contributed by atoms with Crippen molar-refractivity contribution in [3.8, 4) is 0 Å². The van der Waals surface area contributed by atoms with Crippen molar-refractivity contribution in [3.05, 3.63) is 12.0 Å². The summed E-state index contributed by atoms with van der Waals surface area (Å²) in [5.74, 6) is 0.503. The average molecular weight is 281 g/mol. The average Bonchev–Trinajstić information content (AvgIpc) is 2.98. The fourth-order valence-corrected chi connectivity index (χ4v) is 2.88. The Morgan fingerprint density at radius 1 is 1.35 bits per heavy atom. The highest BCUT2D eigenvalue weighted by molar-refractivity contribution is 5.45. The van der Waals surface area contributed by atoms with Gasteiger partial charge in [0, 0.05) is 39.3 Å². The Morgan fingerprint density at radius 2 is 2.15 bits per heavy atom. The first-order valence-corrected chi connectivity index (χ1v) is 7.05. The molecule has 0 bridgehead atoms. The van der Waals surface area contributed by atoms with Gasteiger partial charge in [-0.3, -0.25) is 4.90 Å². The van der Waals surface area contributed by atoms with Gasteiger partial charge in [-0.15, -0.1) is 0 Å². The Morgan fingerprint density at radius 3 is 2.90 bits per heavy atom. The molecule has 1 atom stereocenters. The lowest BCUT2D eigenvalue weighted by molar-refractivity contribution is 0.0209. The van der Waals surface area contributed by atoms with E-state index in [1.54, 1.807) is 7.05 Å². The van der Waals surface area contributed by atoms with Crippen LogP contribution in [0.2, 0.25) is 0 Å². The van der Waals surface area contributed by atoms with Crippen LogP contribution in [0, 0.1) is 5.82 Å². The molecule has 0 aromatic carbocycles. The third-order valence-corrected chi connectivity index (χ3v) is 3.97. The predicted molar refractivity (Wildman–Crippen MR) is 74.5 cm³/mol. The van der Waals surface area contributed by atoms with Crippen molar-refractivity contribution in [1.29, 1.82) is 0 Å². The molecule has 20 heavy (non-hydrogen) atoms. The standard InChI is InChI=1S/C13H20FN5O/c1-15-13-16-8-11(14)12(17-13)19-3-2-10(9-19)18-4-6-20-7-5-18/h8,10H,2-7,9H2,1H3,(H,15,16,17). The van der Waals surface area contributed by atoms with Crippen molar-refractivity contribution in [2.45, 2.75) is 12.5 Å². The van der Waals surface area contributed by atoms with Gasteiger partial charge in [-0.1, -0.05) is 0 Å². The van der Waals surface area contributed by atoms with Gasteiger partial charge in [0.1, 0.15) is 0 Å². The molecule has 1 aromatic heterocycles. The number of nitrogens with zero attached hydrogens (tertiary/aromatic N) is 4. The van der Waals surface area contributed by atoms with Gasteiger partial charge in [0.2, 0.25) is 5.95 Å². The van der Waals surface area contributed by atoms with Gasteiger partial charge in [0.05, 0.1) is 19.4 Å². The van der Waals surface area contributed by atoms with Crippen LogP contribution in [0.15, 0.2) is 6.20 Å². The highest BCUT2D eigenvalue weighted by Crippen LogP contribution is 2.24. The van der Waals surface area contributed by atoms with E-state index in [0.717, 1.165) is 45.8 Å². The minimum atomic E-state index is -0.355. The summed E-state index contributed by atoms with van der Waals surface area (Å²) in [5.41, 5.74) is 0. The monoisotopic (exact) mass is 281 g/mol. The summed E-state index contributed by atoms with van der Waals surface area (Å²) in [5, 5.41) is 2.85. The molecular weight excluding hydrogens is 261 g/mol. The first-order chi connectivity index (χ1) is 9.78. The summed E-state index contributed by atoms with van der Waals surface area (Å²) in [7, 11) is 1.73. The molecule has 1 aromatic rings. The van der Waals surface area contributed by atoms with E-state index in [2.05, 4.69) is 20.2 Å². The summed E-state index contributed by atoms with van der Waals surface area (Å²) in [6, 6.07) is 0.464. The van der Waals surface area contributed by atoms with E-state index in [0.29, 0.717) is 17.8 Å². The largest absolute Gasteiger partial charge is 0.379 e. The van der Waals surface area contributed by atoms with Gasteiger partial charge in [-0.25, -0.2) is 9.37 Å². The van der Waals surface area contributed by atoms with E-state index in [9.17, 15) is 4.39 Å². The summed E-state index contributed by atoms with van der Waals surface area (Å²) in [6.45, 7) is 5.17. The molecule has 1 N–H and O–H groups in total. The molecule has 0 radical (unpaired) electrons. The van der Waals surface area contributed by atoms with Crippen molar-refractivity contribution in [2.75, 3.05) is 56.7 Å². The predicted octanol–water partition coefficient (Wildman–Crippen LogP) is 0.568. The third kappa shape index (κ3) is 2.69. The molecule has 2 aliphatic rings. The quantitative estimate of drug-likeness (QED) is 0.874. The van der Waals surface area contributed by atoms with E-state index < -0.39 is 0 Å². The molecule has 110 valence electrons. The van der Waals surface area contributed by atoms with E-state index in [1.807, 2.05) is 4.90 Å². The first-order valence-electron chi connectivity index (χ1n) is 7.05. The third-order valence-electron chi connectivity index (χ3n) is 3.97. The lowest BCUT2D eigenvalue weighted by atomic mass is 10.2. The lowest BCUT2D eigenvalue weighted by Gasteiger charge is -2.32. The Kier molecular flexibility index (Phi) is 3.98. The van der Waals surface area contributed by atoms with Crippen LogP contribution in [0.4, 0.5) is 16.2 Å². The number of nitrogens with one attached hydrogen (secondary N) is 1. The van der Waals surface area contributed by atoms with Crippen molar-refractivity contribution < 1.29 is 9.13 Å². The second-order valence-electron chi connectivity index (χ2n) is 5.15. The number of rotatable bonds is 3. The Balaban J connectivity index is 1.70. The smallest absolute Gasteiger partial charge is 0.224 e. The van der Waals surface area contributed by atoms with E-state index in [-0.39, 0.29) is 5.82 Å². The van der Waals surface area contributed by atoms with Gasteiger partial charge in [0.15, 0.2) is 11.6 Å². The van der Waals surface area contributed by atoms with Crippen LogP contribution in [0.25, 0.3) is 0 Å². The van der Waals surface area contributed by atoms with Gasteiger partial charge in [-0.2, -0.15) is 4.98 Å². The van der Waals surface area contributed by atoms with Crippen LogP contribution >= 0.6 is 0 Å². The lowest BCUT2D eigenvalue weighted by Crippen LogP contribution is -2.44. The minimum Gasteiger partial charge on any atom is -0.379 e. The highest BCUT2D eigenvalue weighted by Gasteiger charge is 2.30. The molecule has 2 saturated heterocycles. The number of morpholine rings is 1. The van der Waals surface area contributed by atoms with Crippen LogP contribution in [0.5, 0.6) is 0 Å². The molecule has 7 heteroatoms. The summed E-state index contributed by atoms with van der Waals surface area (Å²) in [4.78, 5) is 12.6. The van der Waals surface area contributed by atoms with Crippen LogP contribution in [-0.4, -0.2) is 67.4 Å². The fourth-order valence-electron chi connectivity index (χ4n) is 2.88. The van der Waals surface area contributed by atoms with Gasteiger partial charge in [-0.05, 0) is 6.42 Å². The van der Waals surface area contributed by atoms with Crippen molar-refractivity contribution in [1.82, 2.24) is 14.9 Å². The fraction of sp³-hybridized carbons (Fsp3) is 0.692. The molecule has 3 heterocycles. The zero-order valence-electron chi connectivity index (χ0n) is 11.7. The maximum absolute atomic E-state index is 13.9. The zero-order chi connectivity index (χ0) is 13.9. The van der Waals surface area contributed by atoms with Crippen LogP contribution in [0.3, 0.4) is 0 Å². The van der Waals surface area contributed by atoms with E-state index in [4.69, 9.17) is 4.74 Å². The number of anilines is 2. The van der Waals surface area contributed by atoms with Crippen LogP contribution in [-0.2, 0) is 4.74 Å². The van der Waals surface area contributed by atoms with Crippen molar-refractivity contribution in [2.24, 2.45) is 0 Å². The second-order valence-corrected chi connectivity index (χ2v) is 5.15. The highest BCUT2D eigenvalue weighted by atomic mass is 19.1. The molecule has 2 aliphatic heterocycles. The normalized spacial score (nSPS) is 24.1. The maximum Gasteiger partial charge on any atom is 0.224 e. The number of ether oxygens (including phenoxy) is 1. The first kappa shape index (κ1) is 13.5. The summed E-state index contributed by atoms with van der Waals surface area (Å²) >= 11 is 0. The Bertz CT molecular complexity index is 466. The summed E-state index contributed by atoms with van der Waals surface area (Å²) in [6.07, 6.45) is 2.27. The molecule has 0 spiro atoms. The number of aromatic nitrogens is 2. The number of hydrogen-bond acceptors (Lipinski definition) is 6. The van der Waals surface area contributed by atoms with Crippen LogP contribution in [0.1, 0.15) is 6.42 Å². The topological polar surface area (TPSA) is 53.5 Å². The molecule has 0 amide bonds. The van der Waals surface area contributed by atoms with Crippen molar-refractivity contribution >= 4 is 11.8 Å². The number of hydrogen-bond donors (Lipinski definition) is 1. The Labute approximate surface area is 117 Å². The second kappa shape index (κ2) is 5.88. The molecule has 2 fully saturated rings. The Hall–Kier alpha value is -1.47. The van der Waals surface area contributed by atoms with Crippen LogP contribution < -0.4 is 10.2 Å². The van der Waals surface area contributed by atoms with Gasteiger partial charge in [0.25, 0.3) is 0 Å². The van der Waals surface area contributed by atoms with Crippen molar-refractivity contribution in [3.63, 3.8) is 0 Å². The number of halogens is 1. The minimum absolute atomic E-state index is 0.355. The SMILES string of the molecule is CNc1ncc(F)c(N2CCC(N3CCOCC3)C2)n1. The van der Waals surface area contributed by atoms with E-state index >= 15 is 0 Å². The maximum atomic E-state index is 13.9. The zero-order valence-corrected chi connectivity index (χ0v) is 11.7. The molecule has 3 rings (SSSR count). The molecule has 1 unspecified atom stereocenters. The molecule has 0 aliphatic carbocycles. The van der Waals surface area contributed by atoms with Gasteiger partial charge >= 0.3 is 0 Å².